The van der Waals surface area contributed by atoms with Crippen molar-refractivity contribution in [1.29, 1.82) is 0 Å². The predicted molar refractivity (Wildman–Crippen MR) is 96.9 cm³/mol. The molecule has 0 fully saturated rings. The molecule has 166 valence electrons. The number of nitrogens with zero attached hydrogens (tertiary/aromatic N) is 3. The lowest BCUT2D eigenvalue weighted by Crippen LogP contribution is -2.17. The van der Waals surface area contributed by atoms with E-state index in [1.54, 1.807) is 0 Å². The van der Waals surface area contributed by atoms with Crippen LogP contribution in [0.4, 0.5) is 27.6 Å². The standard InChI is InChI=1S/C16H11F5N4O4S2/c17-15(18)28-7-12-24-25-14(30-12)13-11(22)5-10(6-23-13)31(26,27)9-3-1-8(2-4-9)29-16(19,20)21/h1-6,15H,7,22H2. The Balaban J connectivity index is 1.83. The van der Waals surface area contributed by atoms with Crippen LogP contribution in [0, 0.1) is 0 Å². The van der Waals surface area contributed by atoms with E-state index in [1.165, 1.54) is 0 Å². The summed E-state index contributed by atoms with van der Waals surface area (Å²) < 4.78 is 94.1. The van der Waals surface area contributed by atoms with Gasteiger partial charge in [-0.2, -0.15) is 8.78 Å². The molecule has 0 aliphatic rings. The van der Waals surface area contributed by atoms with Crippen LogP contribution in [-0.4, -0.2) is 36.6 Å². The van der Waals surface area contributed by atoms with Gasteiger partial charge in [0.15, 0.2) is 5.01 Å². The lowest BCUT2D eigenvalue weighted by atomic mass is 10.3. The number of nitrogen functional groups attached to an aromatic ring is 1. The molecule has 0 amide bonds. The Bertz CT molecular complexity index is 1170. The minimum absolute atomic E-state index is 0.0775. The first-order chi connectivity index (χ1) is 14.5. The molecule has 0 atom stereocenters. The van der Waals surface area contributed by atoms with Crippen molar-refractivity contribution in [3.63, 3.8) is 0 Å². The Morgan fingerprint density at radius 3 is 2.35 bits per heavy atom. The minimum Gasteiger partial charge on any atom is -0.406 e. The highest BCUT2D eigenvalue weighted by Crippen LogP contribution is 2.31. The number of nitrogens with two attached hydrogens (primary N) is 1. The molecule has 0 saturated carbocycles. The topological polar surface area (TPSA) is 117 Å². The first-order valence-electron chi connectivity index (χ1n) is 8.04. The van der Waals surface area contributed by atoms with E-state index in [0.717, 1.165) is 47.9 Å². The van der Waals surface area contributed by atoms with E-state index in [9.17, 15) is 30.4 Å². The Labute approximate surface area is 175 Å². The molecule has 0 aliphatic heterocycles. The molecule has 1 aromatic carbocycles. The molecule has 3 aromatic rings. The summed E-state index contributed by atoms with van der Waals surface area (Å²) in [5, 5.41) is 7.71. The zero-order chi connectivity index (χ0) is 22.8. The summed E-state index contributed by atoms with van der Waals surface area (Å²) in [6, 6.07) is 4.70. The summed E-state index contributed by atoms with van der Waals surface area (Å²) in [7, 11) is -4.15. The number of alkyl halides is 5. The predicted octanol–water partition coefficient (Wildman–Crippen LogP) is 3.65. The molecule has 0 unspecified atom stereocenters. The van der Waals surface area contributed by atoms with Gasteiger partial charge in [-0.15, -0.1) is 23.4 Å². The van der Waals surface area contributed by atoms with Gasteiger partial charge in [-0.3, -0.25) is 4.98 Å². The van der Waals surface area contributed by atoms with Crippen molar-refractivity contribution in [3.05, 3.63) is 41.5 Å². The average Bonchev–Trinajstić information content (AvgIpc) is 3.14. The fourth-order valence-electron chi connectivity index (χ4n) is 2.29. The highest BCUT2D eigenvalue weighted by atomic mass is 32.2. The minimum atomic E-state index is -4.91. The monoisotopic (exact) mass is 482 g/mol. The maximum atomic E-state index is 12.7. The van der Waals surface area contributed by atoms with Gasteiger partial charge in [0, 0.05) is 6.20 Å². The van der Waals surface area contributed by atoms with Gasteiger partial charge in [0.2, 0.25) is 9.84 Å². The molecule has 3 rings (SSSR count). The van der Waals surface area contributed by atoms with Crippen LogP contribution in [0.2, 0.25) is 0 Å². The van der Waals surface area contributed by atoms with Crippen LogP contribution in [-0.2, 0) is 21.2 Å². The smallest absolute Gasteiger partial charge is 0.406 e. The van der Waals surface area contributed by atoms with Crippen LogP contribution in [0.25, 0.3) is 10.7 Å². The molecule has 0 saturated heterocycles. The first kappa shape index (κ1) is 22.8. The molecule has 0 spiro atoms. The van der Waals surface area contributed by atoms with Gasteiger partial charge in [0.25, 0.3) is 0 Å². The first-order valence-corrected chi connectivity index (χ1v) is 10.3. The lowest BCUT2D eigenvalue weighted by molar-refractivity contribution is -0.274. The largest absolute Gasteiger partial charge is 0.573 e. The molecule has 2 N–H and O–H groups in total. The van der Waals surface area contributed by atoms with Crippen LogP contribution in [0.1, 0.15) is 5.01 Å². The average molecular weight is 482 g/mol. The number of pyridine rings is 1. The van der Waals surface area contributed by atoms with Gasteiger partial charge < -0.3 is 15.2 Å². The van der Waals surface area contributed by atoms with Crippen molar-refractivity contribution in [2.45, 2.75) is 29.4 Å². The zero-order valence-corrected chi connectivity index (χ0v) is 16.6. The van der Waals surface area contributed by atoms with Crippen molar-refractivity contribution < 1.29 is 39.8 Å². The molecule has 0 radical (unpaired) electrons. The van der Waals surface area contributed by atoms with Crippen molar-refractivity contribution >= 4 is 26.9 Å². The van der Waals surface area contributed by atoms with E-state index in [-0.39, 0.29) is 31.2 Å². The van der Waals surface area contributed by atoms with Crippen LogP contribution >= 0.6 is 11.3 Å². The second-order valence-corrected chi connectivity index (χ2v) is 8.72. The summed E-state index contributed by atoms with van der Waals surface area (Å²) in [6.07, 6.45) is -3.93. The number of hydrogen-bond acceptors (Lipinski definition) is 9. The SMILES string of the molecule is Nc1cc(S(=O)(=O)c2ccc(OC(F)(F)F)cc2)cnc1-c1nnc(COC(F)F)s1. The van der Waals surface area contributed by atoms with Gasteiger partial charge in [0.1, 0.15) is 23.1 Å². The fraction of sp³-hybridized carbons (Fsp3) is 0.188. The fourth-order valence-corrected chi connectivity index (χ4v) is 4.31. The molecule has 15 heteroatoms. The van der Waals surface area contributed by atoms with Crippen LogP contribution in [0.3, 0.4) is 0 Å². The summed E-state index contributed by atoms with van der Waals surface area (Å²) >= 11 is 0.880. The Kier molecular flexibility index (Phi) is 6.38. The molecule has 0 aliphatic carbocycles. The molecule has 8 nitrogen and oxygen atoms in total. The third-order valence-electron chi connectivity index (χ3n) is 3.57. The quantitative estimate of drug-likeness (QED) is 0.507. The zero-order valence-electron chi connectivity index (χ0n) is 15.0. The normalized spacial score (nSPS) is 12.3. The highest BCUT2D eigenvalue weighted by Gasteiger charge is 2.31. The van der Waals surface area contributed by atoms with Gasteiger partial charge >= 0.3 is 13.0 Å². The van der Waals surface area contributed by atoms with Gasteiger partial charge in [-0.25, -0.2) is 8.42 Å². The van der Waals surface area contributed by atoms with Crippen LogP contribution in [0.15, 0.2) is 46.3 Å². The summed E-state index contributed by atoms with van der Waals surface area (Å²) in [5.74, 6) is -0.581. The number of ether oxygens (including phenoxy) is 2. The maximum Gasteiger partial charge on any atom is 0.573 e. The maximum absolute atomic E-state index is 12.7. The Hall–Kier alpha value is -2.91. The number of anilines is 1. The van der Waals surface area contributed by atoms with E-state index in [1.807, 2.05) is 0 Å². The lowest BCUT2D eigenvalue weighted by Gasteiger charge is -2.10. The molecular weight excluding hydrogens is 471 g/mol. The number of aromatic nitrogens is 3. The Morgan fingerprint density at radius 1 is 1.10 bits per heavy atom. The van der Waals surface area contributed by atoms with E-state index in [0.29, 0.717) is 0 Å². The van der Waals surface area contributed by atoms with Gasteiger partial charge in [0.05, 0.1) is 15.5 Å². The molecule has 31 heavy (non-hydrogen) atoms. The van der Waals surface area contributed by atoms with E-state index in [4.69, 9.17) is 5.73 Å². The molecular formula is C16H11F5N4O4S2. The second-order valence-electron chi connectivity index (χ2n) is 5.70. The van der Waals surface area contributed by atoms with Crippen molar-refractivity contribution in [3.8, 4) is 16.5 Å². The number of sulfone groups is 1. The van der Waals surface area contributed by atoms with E-state index < -0.39 is 35.2 Å². The molecule has 2 aromatic heterocycles. The van der Waals surface area contributed by atoms with Crippen LogP contribution < -0.4 is 10.5 Å². The van der Waals surface area contributed by atoms with Crippen molar-refractivity contribution in [2.24, 2.45) is 0 Å². The van der Waals surface area contributed by atoms with Crippen molar-refractivity contribution in [2.75, 3.05) is 5.73 Å². The molecule has 0 bridgehead atoms. The highest BCUT2D eigenvalue weighted by molar-refractivity contribution is 7.91. The molecule has 2 heterocycles. The number of hydrogen-bond donors (Lipinski definition) is 1. The third kappa shape index (κ3) is 5.62. The summed E-state index contributed by atoms with van der Waals surface area (Å²) in [5.41, 5.74) is 5.86. The van der Waals surface area contributed by atoms with E-state index >= 15 is 0 Å². The number of benzene rings is 1. The van der Waals surface area contributed by atoms with Crippen molar-refractivity contribution in [1.82, 2.24) is 15.2 Å². The number of halogens is 5. The number of rotatable bonds is 7. The Morgan fingerprint density at radius 2 is 1.77 bits per heavy atom. The third-order valence-corrected chi connectivity index (χ3v) is 6.21. The summed E-state index contributed by atoms with van der Waals surface area (Å²) in [6.45, 7) is -3.45. The second kappa shape index (κ2) is 8.68. The summed E-state index contributed by atoms with van der Waals surface area (Å²) in [4.78, 5) is 3.33. The van der Waals surface area contributed by atoms with Gasteiger partial charge in [-0.1, -0.05) is 11.3 Å². The van der Waals surface area contributed by atoms with E-state index in [2.05, 4.69) is 24.7 Å². The van der Waals surface area contributed by atoms with Gasteiger partial charge in [-0.05, 0) is 30.3 Å². The van der Waals surface area contributed by atoms with Crippen LogP contribution in [0.5, 0.6) is 5.75 Å².